The summed E-state index contributed by atoms with van der Waals surface area (Å²) in [4.78, 5) is 30.9. The fraction of sp³-hybridized carbons (Fsp3) is 0.333. The number of nitrogens with one attached hydrogen (secondary N) is 2. The predicted molar refractivity (Wildman–Crippen MR) is 116 cm³/mol. The van der Waals surface area contributed by atoms with Gasteiger partial charge < -0.3 is 15.2 Å². The zero-order chi connectivity index (χ0) is 20.9. The highest BCUT2D eigenvalue weighted by Crippen LogP contribution is 2.22. The van der Waals surface area contributed by atoms with Crippen molar-refractivity contribution in [1.29, 1.82) is 0 Å². The van der Waals surface area contributed by atoms with E-state index in [-0.39, 0.29) is 11.8 Å². The summed E-state index contributed by atoms with van der Waals surface area (Å²) in [5.41, 5.74) is 2.18. The third-order valence-corrected chi connectivity index (χ3v) is 5.34. The molecule has 1 aromatic heterocycles. The van der Waals surface area contributed by atoms with Gasteiger partial charge in [-0.3, -0.25) is 9.59 Å². The first kappa shape index (κ1) is 20.6. The molecule has 1 heterocycles. The van der Waals surface area contributed by atoms with E-state index in [1.54, 1.807) is 18.7 Å². The van der Waals surface area contributed by atoms with Crippen LogP contribution in [0, 0.1) is 5.41 Å². The number of aromatic nitrogens is 1. The van der Waals surface area contributed by atoms with Crippen LogP contribution in [0.3, 0.4) is 0 Å². The molecule has 29 heavy (non-hydrogen) atoms. The Morgan fingerprint density at radius 2 is 1.72 bits per heavy atom. The van der Waals surface area contributed by atoms with Crippen molar-refractivity contribution in [3.05, 3.63) is 71.9 Å². The summed E-state index contributed by atoms with van der Waals surface area (Å²) in [6, 6.07) is 17.9. The number of benzene rings is 2. The van der Waals surface area contributed by atoms with Gasteiger partial charge in [-0.25, -0.2) is 0 Å². The molecular weight excluding hydrogens is 362 g/mol. The standard InChI is InChI=1S/C24H29N3O2/c1-4-27(17-18-10-6-5-7-11-18)23(29)24(2,3)22(28)25-15-14-19-16-26-21-13-9-8-12-20(19)21/h5-13,16,26H,4,14-15,17H2,1-3H3,(H,25,28). The number of fused-ring (bicyclic) bond motifs is 1. The molecule has 2 aromatic carbocycles. The highest BCUT2D eigenvalue weighted by atomic mass is 16.2. The molecule has 0 bridgehead atoms. The molecular formula is C24H29N3O2. The topological polar surface area (TPSA) is 65.2 Å². The maximum Gasteiger partial charge on any atom is 0.237 e. The maximum absolute atomic E-state index is 13.1. The van der Waals surface area contributed by atoms with Crippen LogP contribution in [0.1, 0.15) is 31.9 Å². The number of aromatic amines is 1. The molecule has 0 spiro atoms. The maximum atomic E-state index is 13.1. The molecule has 0 aliphatic carbocycles. The Bertz CT molecular complexity index is 976. The van der Waals surface area contributed by atoms with Gasteiger partial charge in [0, 0.05) is 36.7 Å². The highest BCUT2D eigenvalue weighted by molar-refractivity contribution is 6.04. The molecule has 0 radical (unpaired) electrons. The fourth-order valence-corrected chi connectivity index (χ4v) is 3.49. The van der Waals surface area contributed by atoms with E-state index < -0.39 is 5.41 Å². The molecule has 152 valence electrons. The van der Waals surface area contributed by atoms with Crippen LogP contribution >= 0.6 is 0 Å². The van der Waals surface area contributed by atoms with Gasteiger partial charge >= 0.3 is 0 Å². The number of hydrogen-bond donors (Lipinski definition) is 2. The fourth-order valence-electron chi connectivity index (χ4n) is 3.49. The third kappa shape index (κ3) is 4.67. The SMILES string of the molecule is CCN(Cc1ccccc1)C(=O)C(C)(C)C(=O)NCCc1c[nH]c2ccccc12. The normalized spacial score (nSPS) is 11.4. The van der Waals surface area contributed by atoms with Crippen molar-refractivity contribution in [2.24, 2.45) is 5.41 Å². The van der Waals surface area contributed by atoms with Gasteiger partial charge in [-0.1, -0.05) is 48.5 Å². The molecule has 0 fully saturated rings. The van der Waals surface area contributed by atoms with Crippen LogP contribution in [-0.4, -0.2) is 34.8 Å². The van der Waals surface area contributed by atoms with Crippen LogP contribution in [0.4, 0.5) is 0 Å². The Balaban J connectivity index is 1.60. The second kappa shape index (κ2) is 8.95. The van der Waals surface area contributed by atoms with Crippen molar-refractivity contribution in [1.82, 2.24) is 15.2 Å². The molecule has 0 saturated heterocycles. The second-order valence-corrected chi connectivity index (χ2v) is 7.80. The minimum Gasteiger partial charge on any atom is -0.361 e. The average molecular weight is 392 g/mol. The van der Waals surface area contributed by atoms with Gasteiger partial charge in [0.25, 0.3) is 0 Å². The zero-order valence-electron chi connectivity index (χ0n) is 17.4. The first-order valence-corrected chi connectivity index (χ1v) is 10.1. The summed E-state index contributed by atoms with van der Waals surface area (Å²) in [7, 11) is 0. The largest absolute Gasteiger partial charge is 0.361 e. The summed E-state index contributed by atoms with van der Waals surface area (Å²) in [6.45, 7) is 6.88. The third-order valence-electron chi connectivity index (χ3n) is 5.34. The molecule has 0 atom stereocenters. The Labute approximate surface area is 172 Å². The number of hydrogen-bond acceptors (Lipinski definition) is 2. The number of para-hydroxylation sites is 1. The second-order valence-electron chi connectivity index (χ2n) is 7.80. The van der Waals surface area contributed by atoms with Crippen molar-refractivity contribution in [3.8, 4) is 0 Å². The number of nitrogens with zero attached hydrogens (tertiary/aromatic N) is 1. The highest BCUT2D eigenvalue weighted by Gasteiger charge is 2.38. The number of rotatable bonds is 8. The van der Waals surface area contributed by atoms with Crippen molar-refractivity contribution in [2.75, 3.05) is 13.1 Å². The Morgan fingerprint density at radius 3 is 2.45 bits per heavy atom. The summed E-state index contributed by atoms with van der Waals surface area (Å²) in [6.07, 6.45) is 2.69. The van der Waals surface area contributed by atoms with E-state index in [0.717, 1.165) is 22.0 Å². The lowest BCUT2D eigenvalue weighted by molar-refractivity contribution is -0.148. The summed E-state index contributed by atoms with van der Waals surface area (Å²) < 4.78 is 0. The van der Waals surface area contributed by atoms with E-state index in [1.165, 1.54) is 0 Å². The number of carbonyl (C=O) groups excluding carboxylic acids is 2. The lowest BCUT2D eigenvalue weighted by Gasteiger charge is -2.30. The van der Waals surface area contributed by atoms with Gasteiger partial charge in [0.1, 0.15) is 5.41 Å². The number of amides is 2. The van der Waals surface area contributed by atoms with Crippen LogP contribution in [-0.2, 0) is 22.6 Å². The van der Waals surface area contributed by atoms with Crippen LogP contribution in [0.2, 0.25) is 0 Å². The number of carbonyl (C=O) groups is 2. The van der Waals surface area contributed by atoms with Crippen molar-refractivity contribution >= 4 is 22.7 Å². The van der Waals surface area contributed by atoms with E-state index in [1.807, 2.05) is 61.7 Å². The first-order valence-electron chi connectivity index (χ1n) is 10.1. The van der Waals surface area contributed by atoms with E-state index in [4.69, 9.17) is 0 Å². The Kier molecular flexibility index (Phi) is 6.37. The van der Waals surface area contributed by atoms with Gasteiger partial charge in [0.15, 0.2) is 0 Å². The van der Waals surface area contributed by atoms with Gasteiger partial charge in [-0.05, 0) is 44.4 Å². The van der Waals surface area contributed by atoms with Crippen LogP contribution in [0.5, 0.6) is 0 Å². The number of H-pyrrole nitrogens is 1. The van der Waals surface area contributed by atoms with Gasteiger partial charge in [0.05, 0.1) is 0 Å². The van der Waals surface area contributed by atoms with Gasteiger partial charge in [-0.15, -0.1) is 0 Å². The van der Waals surface area contributed by atoms with E-state index in [2.05, 4.69) is 16.4 Å². The Hall–Kier alpha value is -3.08. The zero-order valence-corrected chi connectivity index (χ0v) is 17.4. The summed E-state index contributed by atoms with van der Waals surface area (Å²) >= 11 is 0. The predicted octanol–water partition coefficient (Wildman–Crippen LogP) is 3.90. The van der Waals surface area contributed by atoms with Crippen LogP contribution in [0.25, 0.3) is 10.9 Å². The van der Waals surface area contributed by atoms with Crippen LogP contribution in [0.15, 0.2) is 60.8 Å². The summed E-state index contributed by atoms with van der Waals surface area (Å²) in [5, 5.41) is 4.11. The quantitative estimate of drug-likeness (QED) is 0.572. The molecule has 2 N–H and O–H groups in total. The molecule has 5 nitrogen and oxygen atoms in total. The van der Waals surface area contributed by atoms with Crippen LogP contribution < -0.4 is 5.32 Å². The first-order chi connectivity index (χ1) is 13.9. The average Bonchev–Trinajstić information content (AvgIpc) is 3.15. The minimum absolute atomic E-state index is 0.159. The lowest BCUT2D eigenvalue weighted by atomic mass is 9.90. The lowest BCUT2D eigenvalue weighted by Crippen LogP contribution is -2.49. The van der Waals surface area contributed by atoms with E-state index >= 15 is 0 Å². The molecule has 5 heteroatoms. The molecule has 3 rings (SSSR count). The van der Waals surface area contributed by atoms with E-state index in [9.17, 15) is 9.59 Å². The van der Waals surface area contributed by atoms with Crippen molar-refractivity contribution < 1.29 is 9.59 Å². The minimum atomic E-state index is -1.12. The molecule has 0 aliphatic heterocycles. The molecule has 0 unspecified atom stereocenters. The molecule has 0 saturated carbocycles. The van der Waals surface area contributed by atoms with Gasteiger partial charge in [0.2, 0.25) is 11.8 Å². The molecule has 2 amide bonds. The molecule has 0 aliphatic rings. The smallest absolute Gasteiger partial charge is 0.237 e. The van der Waals surface area contributed by atoms with Crippen molar-refractivity contribution in [3.63, 3.8) is 0 Å². The van der Waals surface area contributed by atoms with E-state index in [0.29, 0.717) is 26.1 Å². The van der Waals surface area contributed by atoms with Gasteiger partial charge in [-0.2, -0.15) is 0 Å². The monoisotopic (exact) mass is 391 g/mol. The Morgan fingerprint density at radius 1 is 1.03 bits per heavy atom. The molecule has 3 aromatic rings. The summed E-state index contributed by atoms with van der Waals surface area (Å²) in [5.74, 6) is -0.401. The van der Waals surface area contributed by atoms with Crippen molar-refractivity contribution in [2.45, 2.75) is 33.7 Å².